The summed E-state index contributed by atoms with van der Waals surface area (Å²) in [5.41, 5.74) is 5.12. The highest BCUT2D eigenvalue weighted by atomic mass is 35.5. The van der Waals surface area contributed by atoms with Crippen LogP contribution in [0.1, 0.15) is 37.6 Å². The van der Waals surface area contributed by atoms with E-state index in [2.05, 4.69) is 17.4 Å². The van der Waals surface area contributed by atoms with Crippen molar-refractivity contribution in [2.75, 3.05) is 0 Å². The van der Waals surface area contributed by atoms with Crippen molar-refractivity contribution in [2.24, 2.45) is 30.6 Å². The van der Waals surface area contributed by atoms with Gasteiger partial charge in [-0.25, -0.2) is 0 Å². The topological polar surface area (TPSA) is 55.9 Å². The predicted octanol–water partition coefficient (Wildman–Crippen LogP) is 2.06. The highest BCUT2D eigenvalue weighted by molar-refractivity contribution is 6.31. The van der Waals surface area contributed by atoms with Gasteiger partial charge >= 0.3 is 0 Å². The van der Waals surface area contributed by atoms with Crippen LogP contribution in [0.3, 0.4) is 0 Å². The first-order valence-corrected chi connectivity index (χ1v) is 7.68. The number of nitrogens with two attached hydrogens (primary N) is 1. The fourth-order valence-electron chi connectivity index (χ4n) is 3.70. The second-order valence-electron chi connectivity index (χ2n) is 6.15. The summed E-state index contributed by atoms with van der Waals surface area (Å²) in [4.78, 5) is 0. The zero-order valence-corrected chi connectivity index (χ0v) is 12.5. The Hall–Kier alpha value is -0.580. The molecule has 2 fully saturated rings. The molecule has 19 heavy (non-hydrogen) atoms. The molecule has 4 nitrogen and oxygen atoms in total. The number of hydrazine groups is 1. The van der Waals surface area contributed by atoms with E-state index in [4.69, 9.17) is 17.4 Å². The first kappa shape index (κ1) is 13.4. The molecule has 106 valence electrons. The summed E-state index contributed by atoms with van der Waals surface area (Å²) in [6.45, 7) is 2.08. The summed E-state index contributed by atoms with van der Waals surface area (Å²) in [5.74, 6) is 8.44. The van der Waals surface area contributed by atoms with Crippen molar-refractivity contribution in [2.45, 2.75) is 45.1 Å². The first-order valence-electron chi connectivity index (χ1n) is 7.30. The fourth-order valence-corrected chi connectivity index (χ4v) is 4.07. The average molecular weight is 283 g/mol. The molecule has 1 aromatic rings. The number of nitrogens with zero attached hydrogens (tertiary/aromatic N) is 2. The predicted molar refractivity (Wildman–Crippen MR) is 76.7 cm³/mol. The summed E-state index contributed by atoms with van der Waals surface area (Å²) < 4.78 is 1.92. The number of aromatic nitrogens is 2. The lowest BCUT2D eigenvalue weighted by Gasteiger charge is -2.24. The van der Waals surface area contributed by atoms with Gasteiger partial charge in [0.05, 0.1) is 16.4 Å². The van der Waals surface area contributed by atoms with Crippen molar-refractivity contribution in [1.82, 2.24) is 15.2 Å². The second kappa shape index (κ2) is 5.08. The Bertz CT molecular complexity index is 460. The zero-order chi connectivity index (χ0) is 13.6. The van der Waals surface area contributed by atoms with E-state index in [9.17, 15) is 0 Å². The van der Waals surface area contributed by atoms with Crippen molar-refractivity contribution in [3.63, 3.8) is 0 Å². The van der Waals surface area contributed by atoms with Gasteiger partial charge in [-0.3, -0.25) is 16.0 Å². The third-order valence-electron chi connectivity index (χ3n) is 4.98. The Morgan fingerprint density at radius 2 is 2.11 bits per heavy atom. The van der Waals surface area contributed by atoms with E-state index in [0.717, 1.165) is 41.1 Å². The van der Waals surface area contributed by atoms with Gasteiger partial charge < -0.3 is 0 Å². The van der Waals surface area contributed by atoms with Gasteiger partial charge in [0.2, 0.25) is 0 Å². The van der Waals surface area contributed by atoms with Gasteiger partial charge in [-0.15, -0.1) is 0 Å². The normalized spacial score (nSPS) is 30.4. The van der Waals surface area contributed by atoms with Crippen LogP contribution in [0.2, 0.25) is 5.02 Å². The second-order valence-corrected chi connectivity index (χ2v) is 6.53. The molecule has 2 saturated carbocycles. The molecule has 0 amide bonds. The number of rotatable bonds is 5. The minimum Gasteiger partial charge on any atom is -0.271 e. The summed E-state index contributed by atoms with van der Waals surface area (Å²) in [6, 6.07) is 0.324. The van der Waals surface area contributed by atoms with Gasteiger partial charge in [0.25, 0.3) is 0 Å². The summed E-state index contributed by atoms with van der Waals surface area (Å²) in [7, 11) is 1.97. The van der Waals surface area contributed by atoms with E-state index >= 15 is 0 Å². The quantitative estimate of drug-likeness (QED) is 0.642. The SMILES string of the molecule is CCc1nn(C)c(CC(NN)C2CC3CC3C2)c1Cl. The van der Waals surface area contributed by atoms with Gasteiger partial charge in [0.15, 0.2) is 0 Å². The molecule has 2 aliphatic carbocycles. The number of fused-ring (bicyclic) bond motifs is 1. The van der Waals surface area contributed by atoms with Crippen molar-refractivity contribution < 1.29 is 0 Å². The van der Waals surface area contributed by atoms with Gasteiger partial charge in [-0.2, -0.15) is 5.10 Å². The maximum atomic E-state index is 6.42. The molecule has 0 spiro atoms. The lowest BCUT2D eigenvalue weighted by atomic mass is 9.91. The smallest absolute Gasteiger partial charge is 0.0850 e. The fraction of sp³-hybridized carbons (Fsp3) is 0.786. The molecule has 3 rings (SSSR count). The maximum absolute atomic E-state index is 6.42. The highest BCUT2D eigenvalue weighted by Crippen LogP contribution is 2.55. The van der Waals surface area contributed by atoms with Gasteiger partial charge in [0, 0.05) is 19.5 Å². The molecule has 3 atom stereocenters. The summed E-state index contributed by atoms with van der Waals surface area (Å²) >= 11 is 6.42. The molecule has 5 heteroatoms. The van der Waals surface area contributed by atoms with Crippen LogP contribution in [0.4, 0.5) is 0 Å². The Labute approximate surface area is 119 Å². The number of hydrogen-bond donors (Lipinski definition) is 2. The molecule has 3 N–H and O–H groups in total. The van der Waals surface area contributed by atoms with Crippen LogP contribution in [0.15, 0.2) is 0 Å². The molecule has 0 saturated heterocycles. The molecule has 1 heterocycles. The van der Waals surface area contributed by atoms with E-state index in [1.54, 1.807) is 0 Å². The Morgan fingerprint density at radius 3 is 2.63 bits per heavy atom. The number of halogens is 1. The lowest BCUT2D eigenvalue weighted by molar-refractivity contribution is 0.331. The minimum absolute atomic E-state index is 0.324. The Morgan fingerprint density at radius 1 is 1.42 bits per heavy atom. The van der Waals surface area contributed by atoms with Crippen LogP contribution in [0.25, 0.3) is 0 Å². The molecular formula is C14H23ClN4. The van der Waals surface area contributed by atoms with Crippen LogP contribution in [-0.2, 0) is 19.9 Å². The molecule has 0 aromatic carbocycles. The van der Waals surface area contributed by atoms with E-state index in [1.807, 2.05) is 11.7 Å². The summed E-state index contributed by atoms with van der Waals surface area (Å²) in [5, 5.41) is 5.31. The standard InChI is InChI=1S/C14H23ClN4/c1-3-11-14(15)13(19(2)18-11)7-12(17-16)10-5-8-4-9(8)6-10/h8-10,12,17H,3-7,16H2,1-2H3. The lowest BCUT2D eigenvalue weighted by Crippen LogP contribution is -2.42. The monoisotopic (exact) mass is 282 g/mol. The minimum atomic E-state index is 0.324. The van der Waals surface area contributed by atoms with E-state index in [0.29, 0.717) is 12.0 Å². The van der Waals surface area contributed by atoms with Crippen LogP contribution in [0.5, 0.6) is 0 Å². The third kappa shape index (κ3) is 2.41. The molecule has 0 aliphatic heterocycles. The van der Waals surface area contributed by atoms with Gasteiger partial charge in [0.1, 0.15) is 0 Å². The van der Waals surface area contributed by atoms with Crippen LogP contribution in [-0.4, -0.2) is 15.8 Å². The maximum Gasteiger partial charge on any atom is 0.0850 e. The van der Waals surface area contributed by atoms with Crippen LogP contribution in [0, 0.1) is 17.8 Å². The Kier molecular flexibility index (Phi) is 3.58. The highest BCUT2D eigenvalue weighted by Gasteiger charge is 2.47. The average Bonchev–Trinajstić information content (AvgIpc) is 2.92. The van der Waals surface area contributed by atoms with Crippen molar-refractivity contribution >= 4 is 11.6 Å². The molecule has 1 aromatic heterocycles. The van der Waals surface area contributed by atoms with Crippen molar-refractivity contribution in [3.05, 3.63) is 16.4 Å². The number of aryl methyl sites for hydroxylation is 2. The molecule has 0 bridgehead atoms. The third-order valence-corrected chi connectivity index (χ3v) is 5.42. The van der Waals surface area contributed by atoms with Crippen molar-refractivity contribution in [1.29, 1.82) is 0 Å². The number of hydrogen-bond acceptors (Lipinski definition) is 3. The van der Waals surface area contributed by atoms with E-state index < -0.39 is 0 Å². The van der Waals surface area contributed by atoms with E-state index in [1.165, 1.54) is 19.3 Å². The Balaban J connectivity index is 1.73. The van der Waals surface area contributed by atoms with E-state index in [-0.39, 0.29) is 0 Å². The molecule has 0 radical (unpaired) electrons. The molecule has 2 aliphatic rings. The van der Waals surface area contributed by atoms with Crippen LogP contribution >= 0.6 is 11.6 Å². The summed E-state index contributed by atoms with van der Waals surface area (Å²) in [6.07, 6.45) is 5.86. The largest absolute Gasteiger partial charge is 0.271 e. The zero-order valence-electron chi connectivity index (χ0n) is 11.7. The number of nitrogens with one attached hydrogen (secondary N) is 1. The van der Waals surface area contributed by atoms with Gasteiger partial charge in [-0.05, 0) is 43.4 Å². The van der Waals surface area contributed by atoms with Gasteiger partial charge in [-0.1, -0.05) is 18.5 Å². The molecular weight excluding hydrogens is 260 g/mol. The molecule has 3 unspecified atom stereocenters. The van der Waals surface area contributed by atoms with Crippen LogP contribution < -0.4 is 11.3 Å². The van der Waals surface area contributed by atoms with Crippen molar-refractivity contribution in [3.8, 4) is 0 Å². The first-order chi connectivity index (χ1) is 9.13.